The lowest BCUT2D eigenvalue weighted by molar-refractivity contribution is -0.113. The van der Waals surface area contributed by atoms with Crippen molar-refractivity contribution in [2.75, 3.05) is 25.3 Å². The van der Waals surface area contributed by atoms with Gasteiger partial charge in [-0.05, 0) is 67.4 Å². The minimum Gasteiger partial charge on any atom is -0.493 e. The summed E-state index contributed by atoms with van der Waals surface area (Å²) in [6, 6.07) is 15.1. The zero-order chi connectivity index (χ0) is 22.7. The fourth-order valence-electron chi connectivity index (χ4n) is 3.39. The van der Waals surface area contributed by atoms with Gasteiger partial charge in [-0.25, -0.2) is 0 Å². The number of hydrogen-bond donors (Lipinski definition) is 1. The van der Waals surface area contributed by atoms with Crippen molar-refractivity contribution in [2.24, 2.45) is 0 Å². The molecule has 2 aromatic heterocycles. The summed E-state index contributed by atoms with van der Waals surface area (Å²) in [6.45, 7) is 4.01. The highest BCUT2D eigenvalue weighted by molar-refractivity contribution is 7.99. The maximum atomic E-state index is 12.4. The van der Waals surface area contributed by atoms with Crippen LogP contribution < -0.4 is 14.8 Å². The Balaban J connectivity index is 1.52. The van der Waals surface area contributed by atoms with Crippen molar-refractivity contribution in [1.29, 1.82) is 0 Å². The number of methoxy groups -OCH3 is 2. The lowest BCUT2D eigenvalue weighted by Crippen LogP contribution is -2.14. The fourth-order valence-corrected chi connectivity index (χ4v) is 4.04. The number of anilines is 1. The minimum absolute atomic E-state index is 0.0919. The van der Waals surface area contributed by atoms with E-state index in [1.807, 2.05) is 56.3 Å². The number of rotatable bonds is 7. The second kappa shape index (κ2) is 9.27. The van der Waals surface area contributed by atoms with Crippen molar-refractivity contribution in [3.05, 3.63) is 59.7 Å². The number of thioether (sulfide) groups is 1. The van der Waals surface area contributed by atoms with E-state index in [0.29, 0.717) is 28.0 Å². The zero-order valence-electron chi connectivity index (χ0n) is 18.2. The van der Waals surface area contributed by atoms with Gasteiger partial charge in [0.15, 0.2) is 23.0 Å². The first-order chi connectivity index (χ1) is 15.5. The number of hydrogen-bond acceptors (Lipinski definition) is 7. The summed E-state index contributed by atoms with van der Waals surface area (Å²) >= 11 is 1.35. The van der Waals surface area contributed by atoms with Crippen LogP contribution >= 0.6 is 11.8 Å². The van der Waals surface area contributed by atoms with E-state index < -0.39 is 0 Å². The van der Waals surface area contributed by atoms with Gasteiger partial charge in [-0.3, -0.25) is 4.79 Å². The smallest absolute Gasteiger partial charge is 0.234 e. The molecule has 2 aromatic carbocycles. The van der Waals surface area contributed by atoms with Crippen LogP contribution in [-0.4, -0.2) is 45.7 Å². The van der Waals surface area contributed by atoms with Gasteiger partial charge in [0.25, 0.3) is 0 Å². The van der Waals surface area contributed by atoms with Crippen LogP contribution in [0.4, 0.5) is 5.69 Å². The fraction of sp³-hybridized carbons (Fsp3) is 0.217. The summed E-state index contributed by atoms with van der Waals surface area (Å²) in [5, 5.41) is 16.7. The van der Waals surface area contributed by atoms with Crippen LogP contribution in [0.25, 0.3) is 17.0 Å². The van der Waals surface area contributed by atoms with E-state index in [9.17, 15) is 4.79 Å². The molecule has 0 saturated carbocycles. The summed E-state index contributed by atoms with van der Waals surface area (Å²) in [5.41, 5.74) is 4.41. The number of fused-ring (bicyclic) bond motifs is 1. The Morgan fingerprint density at radius 3 is 2.44 bits per heavy atom. The van der Waals surface area contributed by atoms with E-state index >= 15 is 0 Å². The summed E-state index contributed by atoms with van der Waals surface area (Å²) < 4.78 is 12.3. The quantitative estimate of drug-likeness (QED) is 0.424. The van der Waals surface area contributed by atoms with Crippen molar-refractivity contribution in [3.63, 3.8) is 0 Å². The van der Waals surface area contributed by atoms with Crippen LogP contribution in [0.2, 0.25) is 0 Å². The van der Waals surface area contributed by atoms with E-state index in [4.69, 9.17) is 9.47 Å². The Hall–Kier alpha value is -3.59. The maximum Gasteiger partial charge on any atom is 0.234 e. The van der Waals surface area contributed by atoms with Crippen molar-refractivity contribution in [2.45, 2.75) is 18.9 Å². The minimum atomic E-state index is -0.0919. The molecule has 0 aliphatic heterocycles. The van der Waals surface area contributed by atoms with Crippen LogP contribution in [-0.2, 0) is 4.79 Å². The third-order valence-electron chi connectivity index (χ3n) is 4.74. The number of nitrogens with one attached hydrogen (secondary N) is 1. The number of ether oxygens (including phenoxy) is 2. The first-order valence-corrected chi connectivity index (χ1v) is 10.9. The SMILES string of the molecule is COc1ccc(-c2nnc3ccc(SCC(=O)Nc4cc(C)cc(C)c4)nn23)cc1OC. The molecule has 1 amide bonds. The molecule has 1 N–H and O–H groups in total. The van der Waals surface area contributed by atoms with Gasteiger partial charge in [0, 0.05) is 11.3 Å². The normalized spacial score (nSPS) is 10.9. The van der Waals surface area contributed by atoms with Gasteiger partial charge in [-0.2, -0.15) is 9.61 Å². The van der Waals surface area contributed by atoms with Crippen molar-refractivity contribution >= 4 is 29.0 Å². The average molecular weight is 450 g/mol. The largest absolute Gasteiger partial charge is 0.493 e. The molecule has 0 aliphatic rings. The van der Waals surface area contributed by atoms with E-state index in [1.54, 1.807) is 18.7 Å². The molecule has 0 atom stereocenters. The Labute approximate surface area is 190 Å². The van der Waals surface area contributed by atoms with Crippen molar-refractivity contribution in [1.82, 2.24) is 19.8 Å². The Bertz CT molecular complexity index is 1270. The molecule has 0 saturated heterocycles. The standard InChI is InChI=1S/C23H23N5O3S/c1-14-9-15(2)11-17(10-14)24-21(29)13-32-22-8-7-20-25-26-23(28(20)27-22)16-5-6-18(30-3)19(12-16)31-4/h5-12H,13H2,1-4H3,(H,24,29). The van der Waals surface area contributed by atoms with Crippen molar-refractivity contribution < 1.29 is 14.3 Å². The highest BCUT2D eigenvalue weighted by atomic mass is 32.2. The molecule has 0 spiro atoms. The number of benzene rings is 2. The average Bonchev–Trinajstić information content (AvgIpc) is 3.19. The number of aryl methyl sites for hydroxylation is 2. The highest BCUT2D eigenvalue weighted by Gasteiger charge is 2.14. The van der Waals surface area contributed by atoms with E-state index in [0.717, 1.165) is 22.4 Å². The van der Waals surface area contributed by atoms with Gasteiger partial charge in [0.05, 0.1) is 20.0 Å². The van der Waals surface area contributed by atoms with Gasteiger partial charge in [-0.15, -0.1) is 10.2 Å². The highest BCUT2D eigenvalue weighted by Crippen LogP contribution is 2.31. The van der Waals surface area contributed by atoms with Crippen molar-refractivity contribution in [3.8, 4) is 22.9 Å². The van der Waals surface area contributed by atoms with Gasteiger partial charge in [-0.1, -0.05) is 17.8 Å². The van der Waals surface area contributed by atoms with Gasteiger partial charge in [0.2, 0.25) is 5.91 Å². The molecule has 9 heteroatoms. The zero-order valence-corrected chi connectivity index (χ0v) is 19.1. The van der Waals surface area contributed by atoms with Gasteiger partial charge in [0.1, 0.15) is 5.03 Å². The molecule has 0 radical (unpaired) electrons. The second-order valence-corrected chi connectivity index (χ2v) is 8.24. The molecular weight excluding hydrogens is 426 g/mol. The summed E-state index contributed by atoms with van der Waals surface area (Å²) in [4.78, 5) is 12.4. The number of amides is 1. The second-order valence-electron chi connectivity index (χ2n) is 7.25. The molecule has 8 nitrogen and oxygen atoms in total. The first-order valence-electron chi connectivity index (χ1n) is 9.92. The molecule has 0 bridgehead atoms. The number of carbonyl (C=O) groups is 1. The lowest BCUT2D eigenvalue weighted by Gasteiger charge is -2.09. The van der Waals surface area contributed by atoms with E-state index in [-0.39, 0.29) is 11.7 Å². The molecule has 32 heavy (non-hydrogen) atoms. The Morgan fingerprint density at radius 2 is 1.72 bits per heavy atom. The molecule has 0 fully saturated rings. The summed E-state index contributed by atoms with van der Waals surface area (Å²) in [6.07, 6.45) is 0. The molecular formula is C23H23N5O3S. The molecule has 2 heterocycles. The van der Waals surface area contributed by atoms with Crippen LogP contribution in [0.1, 0.15) is 11.1 Å². The van der Waals surface area contributed by atoms with Crippen LogP contribution in [0.15, 0.2) is 53.6 Å². The Morgan fingerprint density at radius 1 is 0.969 bits per heavy atom. The van der Waals surface area contributed by atoms with Gasteiger partial charge < -0.3 is 14.8 Å². The molecule has 0 aliphatic carbocycles. The number of carbonyl (C=O) groups excluding carboxylic acids is 1. The number of nitrogens with zero attached hydrogens (tertiary/aromatic N) is 4. The molecule has 4 aromatic rings. The van der Waals surface area contributed by atoms with Gasteiger partial charge >= 0.3 is 0 Å². The van der Waals surface area contributed by atoms with Crippen LogP contribution in [0.3, 0.4) is 0 Å². The summed E-state index contributed by atoms with van der Waals surface area (Å²) in [5.74, 6) is 1.94. The third-order valence-corrected chi connectivity index (χ3v) is 5.66. The lowest BCUT2D eigenvalue weighted by atomic mass is 10.1. The topological polar surface area (TPSA) is 90.6 Å². The van der Waals surface area contributed by atoms with Crippen LogP contribution in [0.5, 0.6) is 11.5 Å². The maximum absolute atomic E-state index is 12.4. The molecule has 164 valence electrons. The third kappa shape index (κ3) is 4.67. The Kier molecular flexibility index (Phi) is 6.27. The number of aromatic nitrogens is 4. The van der Waals surface area contributed by atoms with Crippen LogP contribution in [0, 0.1) is 13.8 Å². The molecule has 0 unspecified atom stereocenters. The summed E-state index contributed by atoms with van der Waals surface area (Å²) in [7, 11) is 3.17. The molecule has 4 rings (SSSR count). The first kappa shape index (κ1) is 21.6. The van der Waals surface area contributed by atoms with E-state index in [2.05, 4.69) is 26.7 Å². The predicted octanol–water partition coefficient (Wildman–Crippen LogP) is 4.16. The van der Waals surface area contributed by atoms with E-state index in [1.165, 1.54) is 11.8 Å². The predicted molar refractivity (Wildman–Crippen MR) is 125 cm³/mol. The monoisotopic (exact) mass is 449 g/mol.